The van der Waals surface area contributed by atoms with Crippen molar-refractivity contribution in [3.8, 4) is 6.07 Å². The molecule has 2 unspecified atom stereocenters. The average Bonchev–Trinajstić information content (AvgIpc) is 2.71. The van der Waals surface area contributed by atoms with E-state index in [9.17, 15) is 9.18 Å². The fourth-order valence-electron chi connectivity index (χ4n) is 2.66. The molecule has 0 N–H and O–H groups in total. The standard InChI is InChI=1S/C15H17FN2O/c1-3-14(18-5-4-10(2)15(18)19)12-6-11(9-17)7-13(16)8-12/h6-8,10,14H,3-5H2,1-2H3. The first-order chi connectivity index (χ1) is 9.06. The topological polar surface area (TPSA) is 44.1 Å². The molecule has 0 spiro atoms. The molecule has 0 aromatic heterocycles. The van der Waals surface area contributed by atoms with Gasteiger partial charge in [0, 0.05) is 12.5 Å². The first kappa shape index (κ1) is 13.5. The summed E-state index contributed by atoms with van der Waals surface area (Å²) in [6, 6.07) is 6.12. The third kappa shape index (κ3) is 2.60. The number of amides is 1. The molecule has 1 amide bonds. The van der Waals surface area contributed by atoms with Gasteiger partial charge in [-0.1, -0.05) is 13.8 Å². The summed E-state index contributed by atoms with van der Waals surface area (Å²) in [6.45, 7) is 4.59. The van der Waals surface area contributed by atoms with Crippen LogP contribution in [0.2, 0.25) is 0 Å². The Morgan fingerprint density at radius 2 is 2.26 bits per heavy atom. The van der Waals surface area contributed by atoms with E-state index in [0.717, 1.165) is 6.42 Å². The Morgan fingerprint density at radius 1 is 1.53 bits per heavy atom. The molecule has 1 aliphatic rings. The largest absolute Gasteiger partial charge is 0.335 e. The van der Waals surface area contributed by atoms with E-state index in [2.05, 4.69) is 0 Å². The molecule has 0 saturated carbocycles. The lowest BCUT2D eigenvalue weighted by Gasteiger charge is -2.27. The van der Waals surface area contributed by atoms with Gasteiger partial charge in [-0.05, 0) is 36.6 Å². The number of nitriles is 1. The van der Waals surface area contributed by atoms with E-state index in [0.29, 0.717) is 24.1 Å². The van der Waals surface area contributed by atoms with Crippen LogP contribution in [0.1, 0.15) is 43.9 Å². The summed E-state index contributed by atoms with van der Waals surface area (Å²) in [5.41, 5.74) is 1.01. The van der Waals surface area contributed by atoms with Crippen LogP contribution in [0.15, 0.2) is 18.2 Å². The molecule has 100 valence electrons. The van der Waals surface area contributed by atoms with Gasteiger partial charge < -0.3 is 4.90 Å². The molecule has 0 radical (unpaired) electrons. The van der Waals surface area contributed by atoms with E-state index in [1.807, 2.05) is 19.9 Å². The Kier molecular flexibility index (Phi) is 3.84. The summed E-state index contributed by atoms with van der Waals surface area (Å²) in [4.78, 5) is 13.9. The second-order valence-electron chi connectivity index (χ2n) is 5.03. The fourth-order valence-corrected chi connectivity index (χ4v) is 2.66. The Labute approximate surface area is 112 Å². The van der Waals surface area contributed by atoms with Crippen LogP contribution in [0.3, 0.4) is 0 Å². The molecule has 1 fully saturated rings. The van der Waals surface area contributed by atoms with Gasteiger partial charge >= 0.3 is 0 Å². The number of hydrogen-bond donors (Lipinski definition) is 0. The van der Waals surface area contributed by atoms with Crippen molar-refractivity contribution in [3.63, 3.8) is 0 Å². The van der Waals surface area contributed by atoms with Crippen molar-refractivity contribution in [3.05, 3.63) is 35.1 Å². The molecule has 1 aliphatic heterocycles. The van der Waals surface area contributed by atoms with Gasteiger partial charge in [0.2, 0.25) is 5.91 Å². The van der Waals surface area contributed by atoms with E-state index >= 15 is 0 Å². The highest BCUT2D eigenvalue weighted by atomic mass is 19.1. The van der Waals surface area contributed by atoms with Crippen molar-refractivity contribution >= 4 is 5.91 Å². The van der Waals surface area contributed by atoms with E-state index in [4.69, 9.17) is 5.26 Å². The highest BCUT2D eigenvalue weighted by molar-refractivity contribution is 5.81. The number of rotatable bonds is 3. The summed E-state index contributed by atoms with van der Waals surface area (Å²) < 4.78 is 13.5. The molecule has 1 heterocycles. The van der Waals surface area contributed by atoms with Gasteiger partial charge in [-0.25, -0.2) is 4.39 Å². The lowest BCUT2D eigenvalue weighted by Crippen LogP contribution is -2.31. The molecule has 0 aliphatic carbocycles. The SMILES string of the molecule is CCC(c1cc(F)cc(C#N)c1)N1CCC(C)C1=O. The summed E-state index contributed by atoms with van der Waals surface area (Å²) in [5.74, 6) is -0.264. The Balaban J connectivity index is 2.35. The van der Waals surface area contributed by atoms with Crippen LogP contribution in [-0.2, 0) is 4.79 Å². The summed E-state index contributed by atoms with van der Waals surface area (Å²) in [7, 11) is 0. The number of likely N-dealkylation sites (tertiary alicyclic amines) is 1. The minimum absolute atomic E-state index is 0.0399. The summed E-state index contributed by atoms with van der Waals surface area (Å²) >= 11 is 0. The maximum atomic E-state index is 13.5. The van der Waals surface area contributed by atoms with Crippen LogP contribution in [-0.4, -0.2) is 17.4 Å². The zero-order chi connectivity index (χ0) is 14.0. The zero-order valence-electron chi connectivity index (χ0n) is 11.2. The van der Waals surface area contributed by atoms with Gasteiger partial charge in [0.1, 0.15) is 5.82 Å². The van der Waals surface area contributed by atoms with Crippen LogP contribution in [0.25, 0.3) is 0 Å². The smallest absolute Gasteiger partial charge is 0.225 e. The van der Waals surface area contributed by atoms with Crippen molar-refractivity contribution in [2.45, 2.75) is 32.7 Å². The Bertz CT molecular complexity index is 535. The quantitative estimate of drug-likeness (QED) is 0.838. The minimum atomic E-state index is -0.424. The van der Waals surface area contributed by atoms with Gasteiger partial charge in [-0.15, -0.1) is 0 Å². The molecule has 1 saturated heterocycles. The van der Waals surface area contributed by atoms with Crippen LogP contribution in [0, 0.1) is 23.1 Å². The second kappa shape index (κ2) is 5.40. The lowest BCUT2D eigenvalue weighted by molar-refractivity contribution is -0.132. The molecular formula is C15H17FN2O. The van der Waals surface area contributed by atoms with Gasteiger partial charge in [-0.3, -0.25) is 4.79 Å². The third-order valence-electron chi connectivity index (χ3n) is 3.70. The number of nitrogens with zero attached hydrogens (tertiary/aromatic N) is 2. The Morgan fingerprint density at radius 3 is 2.79 bits per heavy atom. The average molecular weight is 260 g/mol. The molecule has 1 aromatic rings. The predicted octanol–water partition coefficient (Wildman–Crippen LogP) is 3.02. The van der Waals surface area contributed by atoms with E-state index in [-0.39, 0.29) is 17.9 Å². The first-order valence-corrected chi connectivity index (χ1v) is 6.58. The normalized spacial score (nSPS) is 20.4. The van der Waals surface area contributed by atoms with Crippen molar-refractivity contribution in [1.29, 1.82) is 5.26 Å². The molecular weight excluding hydrogens is 243 g/mol. The highest BCUT2D eigenvalue weighted by Crippen LogP contribution is 2.31. The number of carbonyl (C=O) groups is 1. The minimum Gasteiger partial charge on any atom is -0.335 e. The van der Waals surface area contributed by atoms with Crippen molar-refractivity contribution < 1.29 is 9.18 Å². The molecule has 2 atom stereocenters. The van der Waals surface area contributed by atoms with Crippen molar-refractivity contribution in [1.82, 2.24) is 4.90 Å². The summed E-state index contributed by atoms with van der Waals surface area (Å²) in [6.07, 6.45) is 1.56. The van der Waals surface area contributed by atoms with Gasteiger partial charge in [0.05, 0.1) is 17.7 Å². The lowest BCUT2D eigenvalue weighted by atomic mass is 10.0. The number of halogens is 1. The predicted molar refractivity (Wildman–Crippen MR) is 69.6 cm³/mol. The van der Waals surface area contributed by atoms with Crippen LogP contribution >= 0.6 is 0 Å². The van der Waals surface area contributed by atoms with Gasteiger partial charge in [-0.2, -0.15) is 5.26 Å². The molecule has 19 heavy (non-hydrogen) atoms. The van der Waals surface area contributed by atoms with Gasteiger partial charge in [0.25, 0.3) is 0 Å². The molecule has 0 bridgehead atoms. The third-order valence-corrected chi connectivity index (χ3v) is 3.70. The molecule has 1 aromatic carbocycles. The van der Waals surface area contributed by atoms with Crippen LogP contribution in [0.5, 0.6) is 0 Å². The number of hydrogen-bond acceptors (Lipinski definition) is 2. The first-order valence-electron chi connectivity index (χ1n) is 6.58. The Hall–Kier alpha value is -1.89. The fraction of sp³-hybridized carbons (Fsp3) is 0.467. The van der Waals surface area contributed by atoms with Crippen molar-refractivity contribution in [2.75, 3.05) is 6.54 Å². The number of benzene rings is 1. The monoisotopic (exact) mass is 260 g/mol. The maximum absolute atomic E-state index is 13.5. The van der Waals surface area contributed by atoms with E-state index in [1.165, 1.54) is 12.1 Å². The maximum Gasteiger partial charge on any atom is 0.225 e. The van der Waals surface area contributed by atoms with Crippen molar-refractivity contribution in [2.24, 2.45) is 5.92 Å². The molecule has 4 heteroatoms. The van der Waals surface area contributed by atoms with Crippen LogP contribution < -0.4 is 0 Å². The second-order valence-corrected chi connectivity index (χ2v) is 5.03. The number of carbonyl (C=O) groups excluding carboxylic acids is 1. The van der Waals surface area contributed by atoms with E-state index in [1.54, 1.807) is 11.0 Å². The molecule has 2 rings (SSSR count). The van der Waals surface area contributed by atoms with Gasteiger partial charge in [0.15, 0.2) is 0 Å². The van der Waals surface area contributed by atoms with Crippen LogP contribution in [0.4, 0.5) is 4.39 Å². The highest BCUT2D eigenvalue weighted by Gasteiger charge is 2.33. The zero-order valence-corrected chi connectivity index (χ0v) is 11.2. The molecule has 3 nitrogen and oxygen atoms in total. The summed E-state index contributed by atoms with van der Waals surface area (Å²) in [5, 5.41) is 8.90. The van der Waals surface area contributed by atoms with E-state index < -0.39 is 5.82 Å².